The summed E-state index contributed by atoms with van der Waals surface area (Å²) in [7, 11) is 0. The Hall–Kier alpha value is -0.160. The third kappa shape index (κ3) is 6.14. The van der Waals surface area contributed by atoms with Crippen LogP contribution in [0.25, 0.3) is 0 Å². The van der Waals surface area contributed by atoms with Crippen molar-refractivity contribution in [3.63, 3.8) is 0 Å². The van der Waals surface area contributed by atoms with Gasteiger partial charge in [-0.1, -0.05) is 6.92 Å². The zero-order valence-corrected chi connectivity index (χ0v) is 12.0. The van der Waals surface area contributed by atoms with Gasteiger partial charge in [-0.2, -0.15) is 0 Å². The van der Waals surface area contributed by atoms with Crippen molar-refractivity contribution in [1.29, 1.82) is 0 Å². The summed E-state index contributed by atoms with van der Waals surface area (Å²) < 4.78 is 5.74. The Labute approximate surface area is 111 Å². The van der Waals surface area contributed by atoms with E-state index in [0.717, 1.165) is 18.8 Å². The number of β-amino-alcohol motifs (C(OH)–C–C–N with tert-alkyl or cyclic N) is 1. The van der Waals surface area contributed by atoms with E-state index in [2.05, 4.69) is 12.2 Å². The molecule has 0 aliphatic heterocycles. The average Bonchev–Trinajstić information content (AvgIpc) is 2.36. The molecule has 0 aromatic heterocycles. The van der Waals surface area contributed by atoms with Crippen molar-refractivity contribution in [1.82, 2.24) is 5.32 Å². The second-order valence-electron chi connectivity index (χ2n) is 6.29. The smallest absolute Gasteiger partial charge is 0.0898 e. The molecule has 1 aliphatic carbocycles. The lowest BCUT2D eigenvalue weighted by Gasteiger charge is -2.28. The number of hydrogen-bond acceptors (Lipinski definition) is 4. The van der Waals surface area contributed by atoms with Gasteiger partial charge in [-0.25, -0.2) is 0 Å². The van der Waals surface area contributed by atoms with E-state index in [9.17, 15) is 5.11 Å². The monoisotopic (exact) mass is 259 g/mol. The number of aliphatic hydroxyl groups is 2. The van der Waals surface area contributed by atoms with Gasteiger partial charge in [0.25, 0.3) is 0 Å². The Morgan fingerprint density at radius 1 is 1.28 bits per heavy atom. The number of rotatable bonds is 7. The number of aliphatic hydroxyl groups excluding tert-OH is 2. The first kappa shape index (κ1) is 15.9. The Morgan fingerprint density at radius 2 is 1.89 bits per heavy atom. The summed E-state index contributed by atoms with van der Waals surface area (Å²) in [5.41, 5.74) is -0.346. The van der Waals surface area contributed by atoms with Crippen molar-refractivity contribution < 1.29 is 14.9 Å². The molecule has 0 radical (unpaired) electrons. The first-order chi connectivity index (χ1) is 8.43. The molecule has 0 unspecified atom stereocenters. The first-order valence-electron chi connectivity index (χ1n) is 7.08. The molecular weight excluding hydrogens is 230 g/mol. The third-order valence-electron chi connectivity index (χ3n) is 3.70. The molecule has 18 heavy (non-hydrogen) atoms. The number of nitrogens with one attached hydrogen (secondary N) is 1. The van der Waals surface area contributed by atoms with Gasteiger partial charge in [-0.15, -0.1) is 0 Å². The van der Waals surface area contributed by atoms with Crippen LogP contribution in [0.2, 0.25) is 0 Å². The largest absolute Gasteiger partial charge is 0.394 e. The highest BCUT2D eigenvalue weighted by atomic mass is 16.5. The standard InChI is InChI=1S/C14H29NO3/c1-11-4-6-13(7-5-11)18-9-12(17)8-15-14(2,3)10-16/h11-13,15-17H,4-10H2,1-3H3/t11?,12-,13?/m1/s1. The fourth-order valence-electron chi connectivity index (χ4n) is 2.15. The highest BCUT2D eigenvalue weighted by Crippen LogP contribution is 2.25. The maximum absolute atomic E-state index is 9.82. The summed E-state index contributed by atoms with van der Waals surface area (Å²) in [6.45, 7) is 6.99. The van der Waals surface area contributed by atoms with Gasteiger partial charge in [0.1, 0.15) is 0 Å². The van der Waals surface area contributed by atoms with Gasteiger partial charge in [0.2, 0.25) is 0 Å². The highest BCUT2D eigenvalue weighted by Gasteiger charge is 2.21. The van der Waals surface area contributed by atoms with Crippen molar-refractivity contribution in [2.75, 3.05) is 19.8 Å². The zero-order chi connectivity index (χ0) is 13.6. The van der Waals surface area contributed by atoms with Crippen molar-refractivity contribution in [2.24, 2.45) is 5.92 Å². The van der Waals surface area contributed by atoms with Crippen LogP contribution >= 0.6 is 0 Å². The second-order valence-corrected chi connectivity index (χ2v) is 6.29. The summed E-state index contributed by atoms with van der Waals surface area (Å²) in [4.78, 5) is 0. The Bertz CT molecular complexity index is 225. The van der Waals surface area contributed by atoms with Crippen molar-refractivity contribution in [2.45, 2.75) is 64.2 Å². The lowest BCUT2D eigenvalue weighted by Crippen LogP contribution is -2.47. The maximum atomic E-state index is 9.82. The van der Waals surface area contributed by atoms with Crippen LogP contribution in [0.3, 0.4) is 0 Å². The predicted octanol–water partition coefficient (Wildman–Crippen LogP) is 1.30. The first-order valence-corrected chi connectivity index (χ1v) is 7.08. The van der Waals surface area contributed by atoms with Crippen LogP contribution in [-0.4, -0.2) is 47.7 Å². The number of ether oxygens (including phenoxy) is 1. The summed E-state index contributed by atoms with van der Waals surface area (Å²) in [6, 6.07) is 0. The van der Waals surface area contributed by atoms with Crippen molar-refractivity contribution >= 4 is 0 Å². The topological polar surface area (TPSA) is 61.7 Å². The predicted molar refractivity (Wildman–Crippen MR) is 72.5 cm³/mol. The quantitative estimate of drug-likeness (QED) is 0.645. The molecular formula is C14H29NO3. The van der Waals surface area contributed by atoms with Gasteiger partial charge in [0.15, 0.2) is 0 Å². The molecule has 0 spiro atoms. The van der Waals surface area contributed by atoms with Crippen molar-refractivity contribution in [3.8, 4) is 0 Å². The lowest BCUT2D eigenvalue weighted by atomic mass is 9.89. The molecule has 1 aliphatic rings. The van der Waals surface area contributed by atoms with Crippen LogP contribution in [0.1, 0.15) is 46.5 Å². The van der Waals surface area contributed by atoms with Crippen LogP contribution < -0.4 is 5.32 Å². The Balaban J connectivity index is 2.11. The minimum atomic E-state index is -0.504. The molecule has 1 atom stereocenters. The van der Waals surface area contributed by atoms with E-state index in [-0.39, 0.29) is 12.1 Å². The minimum absolute atomic E-state index is 0.0566. The average molecular weight is 259 g/mol. The van der Waals surface area contributed by atoms with E-state index in [0.29, 0.717) is 19.3 Å². The van der Waals surface area contributed by atoms with Crippen LogP contribution in [0.5, 0.6) is 0 Å². The molecule has 4 nitrogen and oxygen atoms in total. The molecule has 108 valence electrons. The van der Waals surface area contributed by atoms with Gasteiger partial charge >= 0.3 is 0 Å². The SMILES string of the molecule is CC1CCC(OC[C@H](O)CNC(C)(C)CO)CC1. The van der Waals surface area contributed by atoms with E-state index >= 15 is 0 Å². The minimum Gasteiger partial charge on any atom is -0.394 e. The molecule has 0 aromatic carbocycles. The van der Waals surface area contributed by atoms with Crippen LogP contribution in [-0.2, 0) is 4.74 Å². The van der Waals surface area contributed by atoms with Crippen molar-refractivity contribution in [3.05, 3.63) is 0 Å². The summed E-state index contributed by atoms with van der Waals surface area (Å²) in [6.07, 6.45) is 4.51. The molecule has 0 saturated heterocycles. The highest BCUT2D eigenvalue weighted by molar-refractivity contribution is 4.78. The van der Waals surface area contributed by atoms with E-state index in [1.165, 1.54) is 12.8 Å². The van der Waals surface area contributed by atoms with Gasteiger partial charge in [0.05, 0.1) is 25.4 Å². The van der Waals surface area contributed by atoms with E-state index in [1.54, 1.807) is 0 Å². The van der Waals surface area contributed by atoms with Gasteiger partial charge in [-0.05, 0) is 45.4 Å². The fraction of sp³-hybridized carbons (Fsp3) is 1.00. The molecule has 0 heterocycles. The third-order valence-corrected chi connectivity index (χ3v) is 3.70. The van der Waals surface area contributed by atoms with E-state index in [1.807, 2.05) is 13.8 Å². The normalized spacial score (nSPS) is 27.2. The van der Waals surface area contributed by atoms with Crippen LogP contribution in [0, 0.1) is 5.92 Å². The van der Waals surface area contributed by atoms with E-state index < -0.39 is 6.10 Å². The Morgan fingerprint density at radius 3 is 2.44 bits per heavy atom. The molecule has 0 aromatic rings. The molecule has 0 amide bonds. The summed E-state index contributed by atoms with van der Waals surface area (Å²) in [5, 5.41) is 22.0. The van der Waals surface area contributed by atoms with Gasteiger partial charge < -0.3 is 20.3 Å². The van der Waals surface area contributed by atoms with Gasteiger partial charge in [0, 0.05) is 12.1 Å². The molecule has 1 rings (SSSR count). The molecule has 1 saturated carbocycles. The molecule has 1 fully saturated rings. The lowest BCUT2D eigenvalue weighted by molar-refractivity contribution is -0.0299. The summed E-state index contributed by atoms with van der Waals surface area (Å²) in [5.74, 6) is 0.821. The number of hydrogen-bond donors (Lipinski definition) is 3. The van der Waals surface area contributed by atoms with Crippen LogP contribution in [0.15, 0.2) is 0 Å². The molecule has 4 heteroatoms. The Kier molecular flexibility index (Phi) is 6.57. The molecule has 3 N–H and O–H groups in total. The van der Waals surface area contributed by atoms with Gasteiger partial charge in [-0.3, -0.25) is 0 Å². The zero-order valence-electron chi connectivity index (χ0n) is 12.0. The summed E-state index contributed by atoms with van der Waals surface area (Å²) >= 11 is 0. The maximum Gasteiger partial charge on any atom is 0.0898 e. The van der Waals surface area contributed by atoms with E-state index in [4.69, 9.17) is 9.84 Å². The second kappa shape index (κ2) is 7.43. The molecule has 0 bridgehead atoms. The van der Waals surface area contributed by atoms with Crippen LogP contribution in [0.4, 0.5) is 0 Å². The fourth-order valence-corrected chi connectivity index (χ4v) is 2.15.